The molecule has 2 unspecified atom stereocenters. The van der Waals surface area contributed by atoms with Gasteiger partial charge in [-0.15, -0.1) is 0 Å². The average Bonchev–Trinajstić information content (AvgIpc) is 3.06. The summed E-state index contributed by atoms with van der Waals surface area (Å²) < 4.78 is 26.9. The van der Waals surface area contributed by atoms with E-state index in [2.05, 4.69) is 20.1 Å². The molecule has 0 aliphatic carbocycles. The zero-order valence-electron chi connectivity index (χ0n) is 19.0. The summed E-state index contributed by atoms with van der Waals surface area (Å²) in [6.45, 7) is 8.87. The Morgan fingerprint density at radius 2 is 1.77 bits per heavy atom. The van der Waals surface area contributed by atoms with Gasteiger partial charge in [-0.2, -0.15) is 4.98 Å². The van der Waals surface area contributed by atoms with Crippen LogP contribution < -0.4 is 10.2 Å². The van der Waals surface area contributed by atoms with Crippen LogP contribution in [0.2, 0.25) is 0 Å². The van der Waals surface area contributed by atoms with E-state index in [0.717, 1.165) is 51.3 Å². The molecule has 0 radical (unpaired) electrons. The van der Waals surface area contributed by atoms with Crippen molar-refractivity contribution in [3.63, 3.8) is 0 Å². The lowest BCUT2D eigenvalue weighted by molar-refractivity contribution is 0.161. The van der Waals surface area contributed by atoms with Gasteiger partial charge in [0.25, 0.3) is 0 Å². The Morgan fingerprint density at radius 1 is 1.00 bits per heavy atom. The van der Waals surface area contributed by atoms with Gasteiger partial charge in [-0.3, -0.25) is 4.90 Å². The summed E-state index contributed by atoms with van der Waals surface area (Å²) in [7, 11) is -3.18. The number of hydrogen-bond donors (Lipinski definition) is 1. The number of hydrogen-bond acceptors (Lipinski definition) is 7. The minimum atomic E-state index is -3.18. The molecule has 8 nitrogen and oxygen atoms in total. The summed E-state index contributed by atoms with van der Waals surface area (Å²) >= 11 is 0. The number of sulfonamides is 1. The second kappa shape index (κ2) is 10.0. The van der Waals surface area contributed by atoms with Crippen LogP contribution in [0.4, 0.5) is 11.8 Å². The monoisotopic (exact) mass is 450 g/mol. The fourth-order valence-corrected chi connectivity index (χ4v) is 6.42. The highest BCUT2D eigenvalue weighted by Gasteiger charge is 2.36. The fraction of sp³-hybridized carbons (Fsp3) is 0.818. The molecule has 9 heteroatoms. The third kappa shape index (κ3) is 5.49. The van der Waals surface area contributed by atoms with Crippen molar-refractivity contribution in [2.75, 3.05) is 49.5 Å². The highest BCUT2D eigenvalue weighted by molar-refractivity contribution is 7.89. The normalized spacial score (nSPS) is 26.9. The third-order valence-electron chi connectivity index (χ3n) is 6.96. The van der Waals surface area contributed by atoms with Crippen LogP contribution in [0, 0.1) is 0 Å². The first-order valence-corrected chi connectivity index (χ1v) is 13.5. The number of aromatic nitrogens is 2. The number of likely N-dealkylation sites (tertiary alicyclic amines) is 1. The van der Waals surface area contributed by atoms with Gasteiger partial charge < -0.3 is 10.2 Å². The average molecular weight is 451 g/mol. The van der Waals surface area contributed by atoms with Crippen molar-refractivity contribution in [2.45, 2.75) is 76.1 Å². The van der Waals surface area contributed by atoms with Gasteiger partial charge in [0.05, 0.1) is 5.25 Å². The lowest BCUT2D eigenvalue weighted by Gasteiger charge is -2.37. The second-order valence-corrected chi connectivity index (χ2v) is 12.0. The molecule has 4 rings (SSSR count). The molecule has 3 aliphatic rings. The van der Waals surface area contributed by atoms with Crippen molar-refractivity contribution in [2.24, 2.45) is 0 Å². The standard InChI is InChI=1S/C22H38N6O2S/c1-18(2)31(29,30)28-14-7-8-20(17-28)27-15-10-19(16-27)24-22-23-11-9-21(25-22)26-12-5-3-4-6-13-26/h9,11,18-20H,3-8,10,12-17H2,1-2H3,(H,23,24,25). The van der Waals surface area contributed by atoms with Gasteiger partial charge in [0, 0.05) is 57.5 Å². The Labute approximate surface area is 187 Å². The van der Waals surface area contributed by atoms with Gasteiger partial charge >= 0.3 is 0 Å². The summed E-state index contributed by atoms with van der Waals surface area (Å²) in [6.07, 6.45) is 9.97. The van der Waals surface area contributed by atoms with Crippen molar-refractivity contribution < 1.29 is 8.42 Å². The molecule has 31 heavy (non-hydrogen) atoms. The van der Waals surface area contributed by atoms with E-state index in [1.54, 1.807) is 18.2 Å². The van der Waals surface area contributed by atoms with Crippen LogP contribution >= 0.6 is 0 Å². The molecule has 1 aromatic rings. The van der Waals surface area contributed by atoms with E-state index in [-0.39, 0.29) is 5.25 Å². The molecule has 2 atom stereocenters. The van der Waals surface area contributed by atoms with Crippen molar-refractivity contribution >= 4 is 21.8 Å². The van der Waals surface area contributed by atoms with Crippen LogP contribution in [-0.2, 0) is 10.0 Å². The second-order valence-electron chi connectivity index (χ2n) is 9.51. The molecule has 3 aliphatic heterocycles. The molecule has 0 amide bonds. The van der Waals surface area contributed by atoms with Crippen molar-refractivity contribution in [3.05, 3.63) is 12.3 Å². The maximum Gasteiger partial charge on any atom is 0.224 e. The van der Waals surface area contributed by atoms with Gasteiger partial charge in [-0.25, -0.2) is 17.7 Å². The van der Waals surface area contributed by atoms with Crippen LogP contribution in [0.1, 0.15) is 58.8 Å². The Balaban J connectivity index is 1.34. The summed E-state index contributed by atoms with van der Waals surface area (Å²) in [4.78, 5) is 14.1. The number of piperidine rings is 1. The molecule has 3 fully saturated rings. The van der Waals surface area contributed by atoms with E-state index in [1.807, 2.05) is 12.3 Å². The zero-order chi connectivity index (χ0) is 21.8. The predicted molar refractivity (Wildman–Crippen MR) is 125 cm³/mol. The molecule has 3 saturated heterocycles. The highest BCUT2D eigenvalue weighted by atomic mass is 32.2. The smallest absolute Gasteiger partial charge is 0.224 e. The lowest BCUT2D eigenvalue weighted by Crippen LogP contribution is -2.50. The SMILES string of the molecule is CC(C)S(=O)(=O)N1CCCC(N2CCC(Nc3nccc(N4CCCCCC4)n3)C2)C1. The van der Waals surface area contributed by atoms with E-state index >= 15 is 0 Å². The van der Waals surface area contributed by atoms with E-state index in [1.165, 1.54) is 25.7 Å². The molecule has 1 N–H and O–H groups in total. The van der Waals surface area contributed by atoms with Crippen molar-refractivity contribution in [1.29, 1.82) is 0 Å². The van der Waals surface area contributed by atoms with E-state index < -0.39 is 10.0 Å². The molecule has 0 bridgehead atoms. The van der Waals surface area contributed by atoms with Gasteiger partial charge in [0.2, 0.25) is 16.0 Å². The van der Waals surface area contributed by atoms with Crippen molar-refractivity contribution in [3.8, 4) is 0 Å². The number of rotatable bonds is 6. The summed E-state index contributed by atoms with van der Waals surface area (Å²) in [5, 5.41) is 3.19. The summed E-state index contributed by atoms with van der Waals surface area (Å²) in [5.74, 6) is 1.73. The zero-order valence-corrected chi connectivity index (χ0v) is 19.9. The minimum Gasteiger partial charge on any atom is -0.356 e. The molecule has 174 valence electrons. The number of nitrogens with zero attached hydrogens (tertiary/aromatic N) is 5. The fourth-order valence-electron chi connectivity index (χ4n) is 5.06. The Bertz CT molecular complexity index is 825. The lowest BCUT2D eigenvalue weighted by atomic mass is 10.1. The summed E-state index contributed by atoms with van der Waals surface area (Å²) in [6, 6.07) is 2.62. The first-order valence-electron chi connectivity index (χ1n) is 12.0. The first kappa shape index (κ1) is 22.7. The van der Waals surface area contributed by atoms with Crippen LogP contribution in [0.25, 0.3) is 0 Å². The molecule has 0 spiro atoms. The Hall–Kier alpha value is -1.45. The molecule has 4 heterocycles. The largest absolute Gasteiger partial charge is 0.356 e. The topological polar surface area (TPSA) is 81.7 Å². The quantitative estimate of drug-likeness (QED) is 0.713. The van der Waals surface area contributed by atoms with Gasteiger partial charge in [-0.1, -0.05) is 12.8 Å². The molecule has 0 aromatic carbocycles. The van der Waals surface area contributed by atoms with Crippen LogP contribution in [0.3, 0.4) is 0 Å². The number of nitrogens with one attached hydrogen (secondary N) is 1. The Morgan fingerprint density at radius 3 is 2.52 bits per heavy atom. The molecular weight excluding hydrogens is 412 g/mol. The Kier molecular flexibility index (Phi) is 7.33. The number of anilines is 2. The van der Waals surface area contributed by atoms with E-state index in [0.29, 0.717) is 31.1 Å². The maximum absolute atomic E-state index is 12.6. The molecular formula is C22H38N6O2S. The summed E-state index contributed by atoms with van der Waals surface area (Å²) in [5.41, 5.74) is 0. The van der Waals surface area contributed by atoms with Crippen LogP contribution in [0.5, 0.6) is 0 Å². The van der Waals surface area contributed by atoms with Crippen molar-refractivity contribution in [1.82, 2.24) is 19.2 Å². The van der Waals surface area contributed by atoms with E-state index in [9.17, 15) is 8.42 Å². The molecule has 0 saturated carbocycles. The third-order valence-corrected chi connectivity index (χ3v) is 9.20. The highest BCUT2D eigenvalue weighted by Crippen LogP contribution is 2.25. The minimum absolute atomic E-state index is 0.302. The molecule has 1 aromatic heterocycles. The van der Waals surface area contributed by atoms with Gasteiger partial charge in [0.15, 0.2) is 0 Å². The van der Waals surface area contributed by atoms with Crippen LogP contribution in [0.15, 0.2) is 12.3 Å². The predicted octanol–water partition coefficient (Wildman–Crippen LogP) is 2.55. The van der Waals surface area contributed by atoms with Crippen LogP contribution in [-0.4, -0.2) is 84.2 Å². The van der Waals surface area contributed by atoms with Gasteiger partial charge in [-0.05, 0) is 52.0 Å². The van der Waals surface area contributed by atoms with E-state index in [4.69, 9.17) is 4.98 Å². The maximum atomic E-state index is 12.6. The first-order chi connectivity index (χ1) is 14.9. The van der Waals surface area contributed by atoms with Gasteiger partial charge in [0.1, 0.15) is 5.82 Å².